The van der Waals surface area contributed by atoms with Crippen molar-refractivity contribution in [2.75, 3.05) is 6.54 Å². The number of nitrogens with one attached hydrogen (secondary N) is 1. The molecule has 2 aromatic carbocycles. The smallest absolute Gasteiger partial charge is 0.207 e. The van der Waals surface area contributed by atoms with E-state index in [0.29, 0.717) is 16.5 Å². The molecule has 1 atom stereocenters. The summed E-state index contributed by atoms with van der Waals surface area (Å²) in [4.78, 5) is 0. The molecule has 2 N–H and O–H groups in total. The molecule has 0 saturated heterocycles. The summed E-state index contributed by atoms with van der Waals surface area (Å²) < 4.78 is 13.2. The van der Waals surface area contributed by atoms with Gasteiger partial charge < -0.3 is 0 Å². The second-order valence-corrected chi connectivity index (χ2v) is 6.88. The third-order valence-electron chi connectivity index (χ3n) is 2.98. The second kappa shape index (κ2) is 7.49. The number of halogens is 4. The Labute approximate surface area is 151 Å². The average Bonchev–Trinajstić information content (AvgIpc) is 2.39. The van der Waals surface area contributed by atoms with E-state index in [0.717, 1.165) is 0 Å². The predicted octanol–water partition coefficient (Wildman–Crippen LogP) is 5.18. The van der Waals surface area contributed by atoms with Gasteiger partial charge in [-0.15, -0.1) is 5.43 Å². The number of nitrogens with zero attached hydrogens (tertiary/aromatic N) is 1. The van der Waals surface area contributed by atoms with Crippen LogP contribution in [0.2, 0.25) is 10.0 Å². The van der Waals surface area contributed by atoms with Crippen molar-refractivity contribution in [2.45, 2.75) is 6.42 Å². The van der Waals surface area contributed by atoms with Crippen LogP contribution in [0.25, 0.3) is 0 Å². The van der Waals surface area contributed by atoms with Crippen molar-refractivity contribution in [3.05, 3.63) is 62.3 Å². The van der Waals surface area contributed by atoms with Gasteiger partial charge in [0.2, 0.25) is 5.69 Å². The minimum absolute atomic E-state index is 0.198. The molecular weight excluding hydrogens is 414 g/mol. The summed E-state index contributed by atoms with van der Waals surface area (Å²) in [6.45, 7) is 0.268. The van der Waals surface area contributed by atoms with Crippen LogP contribution in [0.3, 0.4) is 0 Å². The molecule has 0 aliphatic rings. The first kappa shape index (κ1) is 18.0. The van der Waals surface area contributed by atoms with Gasteiger partial charge in [0.25, 0.3) is 0 Å². The summed E-state index contributed by atoms with van der Waals surface area (Å²) in [6.07, 6.45) is 0.375. The van der Waals surface area contributed by atoms with E-state index < -0.39 is 4.16 Å². The number of hydrogen-bond acceptors (Lipinski definition) is 3. The van der Waals surface area contributed by atoms with Gasteiger partial charge in [-0.2, -0.15) is 5.21 Å². The van der Waals surface area contributed by atoms with Crippen LogP contribution < -0.4 is 9.59 Å². The fourth-order valence-corrected chi connectivity index (χ4v) is 3.85. The standard InChI is InChI=1S/C14H13BrCl2FN2OS/c15-10-7-11(16)14(12(17)8-10)20(21,22)19-6-5-9-3-1-2-4-13(9)18/h1-4,7-8,19,21-22H,5-6H2/q+1. The summed E-state index contributed by atoms with van der Waals surface area (Å²) in [5.74, 6) is -0.292. The monoisotopic (exact) mass is 425 g/mol. The Morgan fingerprint density at radius 3 is 2.41 bits per heavy atom. The van der Waals surface area contributed by atoms with Crippen molar-refractivity contribution in [3.63, 3.8) is 0 Å². The molecule has 1 unspecified atom stereocenters. The first-order valence-electron chi connectivity index (χ1n) is 6.29. The van der Waals surface area contributed by atoms with Crippen molar-refractivity contribution in [3.8, 4) is 0 Å². The minimum Gasteiger partial charge on any atom is -0.207 e. The van der Waals surface area contributed by atoms with E-state index in [1.165, 1.54) is 6.07 Å². The van der Waals surface area contributed by atoms with Crippen LogP contribution in [0.15, 0.2) is 40.9 Å². The van der Waals surface area contributed by atoms with Gasteiger partial charge in [0, 0.05) is 4.47 Å². The number of benzene rings is 2. The highest BCUT2D eigenvalue weighted by molar-refractivity contribution is 9.10. The maximum atomic E-state index is 13.5. The average molecular weight is 427 g/mol. The molecular formula is C14H13BrCl2FN2OS+. The molecule has 0 fully saturated rings. The van der Waals surface area contributed by atoms with Crippen LogP contribution in [-0.2, 0) is 6.42 Å². The zero-order chi connectivity index (χ0) is 16.3. The number of hydrogen-bond donors (Lipinski definition) is 3. The highest BCUT2D eigenvalue weighted by Gasteiger charge is 2.32. The van der Waals surface area contributed by atoms with Crippen molar-refractivity contribution < 1.29 is 9.60 Å². The number of quaternary nitrogens is 1. The van der Waals surface area contributed by atoms with Gasteiger partial charge in [0.1, 0.15) is 28.7 Å². The zero-order valence-corrected chi connectivity index (χ0v) is 15.2. The third-order valence-corrected chi connectivity index (χ3v) is 4.35. The third kappa shape index (κ3) is 4.35. The van der Waals surface area contributed by atoms with Crippen molar-refractivity contribution >= 4 is 57.6 Å². The molecule has 0 amide bonds. The van der Waals surface area contributed by atoms with Gasteiger partial charge in [0.05, 0.1) is 6.54 Å². The van der Waals surface area contributed by atoms with E-state index >= 15 is 0 Å². The quantitative estimate of drug-likeness (QED) is 0.349. The van der Waals surface area contributed by atoms with Crippen LogP contribution >= 0.6 is 51.9 Å². The second-order valence-electron chi connectivity index (χ2n) is 4.57. The Bertz CT molecular complexity index is 665. The molecule has 2 aromatic rings. The fraction of sp³-hybridized carbons (Fsp3) is 0.143. The Morgan fingerprint density at radius 1 is 1.23 bits per heavy atom. The van der Waals surface area contributed by atoms with Crippen LogP contribution in [0.1, 0.15) is 5.56 Å². The van der Waals surface area contributed by atoms with Crippen LogP contribution in [-0.4, -0.2) is 11.8 Å². The molecule has 0 aliphatic heterocycles. The lowest BCUT2D eigenvalue weighted by molar-refractivity contribution is -0.0201. The fourth-order valence-electron chi connectivity index (χ4n) is 1.96. The van der Waals surface area contributed by atoms with E-state index in [-0.39, 0.29) is 28.1 Å². The maximum Gasteiger partial charge on any atom is 0.235 e. The van der Waals surface area contributed by atoms with E-state index in [2.05, 4.69) is 34.2 Å². The molecule has 2 rings (SSSR count). The summed E-state index contributed by atoms with van der Waals surface area (Å²) in [5, 5.41) is 10.9. The van der Waals surface area contributed by atoms with E-state index in [9.17, 15) is 9.60 Å². The van der Waals surface area contributed by atoms with Gasteiger partial charge in [-0.1, -0.05) is 57.3 Å². The lowest BCUT2D eigenvalue weighted by Gasteiger charge is -2.24. The Hall–Kier alpha value is -0.340. The SMILES string of the molecule is O[N+](S)(NCCc1ccccc1F)c1c(Cl)cc(Br)cc1Cl. The largest absolute Gasteiger partial charge is 0.235 e. The first-order valence-corrected chi connectivity index (χ1v) is 8.24. The molecule has 22 heavy (non-hydrogen) atoms. The van der Waals surface area contributed by atoms with Gasteiger partial charge in [0.15, 0.2) is 0 Å². The molecule has 118 valence electrons. The van der Waals surface area contributed by atoms with Crippen molar-refractivity contribution in [2.24, 2.45) is 0 Å². The van der Waals surface area contributed by atoms with Gasteiger partial charge in [-0.25, -0.2) is 4.39 Å². The van der Waals surface area contributed by atoms with E-state index in [1.54, 1.807) is 30.3 Å². The molecule has 0 spiro atoms. The Balaban J connectivity index is 2.10. The summed E-state index contributed by atoms with van der Waals surface area (Å²) >= 11 is 19.6. The first-order chi connectivity index (χ1) is 10.3. The lowest BCUT2D eigenvalue weighted by Crippen LogP contribution is -2.50. The molecule has 0 heterocycles. The predicted molar refractivity (Wildman–Crippen MR) is 94.8 cm³/mol. The Morgan fingerprint density at radius 2 is 1.82 bits per heavy atom. The summed E-state index contributed by atoms with van der Waals surface area (Å²) in [5.41, 5.74) is 3.49. The van der Waals surface area contributed by atoms with Crippen molar-refractivity contribution in [1.29, 1.82) is 0 Å². The molecule has 0 saturated carbocycles. The molecule has 0 bridgehead atoms. The maximum absolute atomic E-state index is 13.5. The molecule has 0 radical (unpaired) electrons. The molecule has 3 nitrogen and oxygen atoms in total. The van der Waals surface area contributed by atoms with Crippen LogP contribution in [0.4, 0.5) is 10.1 Å². The normalized spacial score (nSPS) is 13.9. The summed E-state index contributed by atoms with van der Waals surface area (Å²) in [6, 6.07) is 9.64. The van der Waals surface area contributed by atoms with E-state index in [4.69, 9.17) is 23.2 Å². The number of thiol groups is 1. The van der Waals surface area contributed by atoms with Gasteiger partial charge in [-0.3, -0.25) is 0 Å². The zero-order valence-electron chi connectivity index (χ0n) is 11.2. The minimum atomic E-state index is -1.00. The highest BCUT2D eigenvalue weighted by Crippen LogP contribution is 2.39. The highest BCUT2D eigenvalue weighted by atomic mass is 79.9. The van der Waals surface area contributed by atoms with Crippen molar-refractivity contribution in [1.82, 2.24) is 9.59 Å². The molecule has 0 aliphatic carbocycles. The summed E-state index contributed by atoms with van der Waals surface area (Å²) in [7, 11) is 0. The van der Waals surface area contributed by atoms with Crippen LogP contribution in [0, 0.1) is 5.82 Å². The van der Waals surface area contributed by atoms with Gasteiger partial charge in [-0.05, 0) is 34.3 Å². The topological polar surface area (TPSA) is 32.3 Å². The van der Waals surface area contributed by atoms with Crippen LogP contribution in [0.5, 0.6) is 0 Å². The lowest BCUT2D eigenvalue weighted by atomic mass is 10.1. The Kier molecular flexibility index (Phi) is 6.13. The van der Waals surface area contributed by atoms with E-state index in [1.807, 2.05) is 0 Å². The molecule has 8 heteroatoms. The van der Waals surface area contributed by atoms with Gasteiger partial charge >= 0.3 is 0 Å². The molecule has 0 aromatic heterocycles. The number of rotatable bonds is 5.